The summed E-state index contributed by atoms with van der Waals surface area (Å²) in [4.78, 5) is 10.9. The zero-order valence-corrected chi connectivity index (χ0v) is 5.22. The molecule has 0 unspecified atom stereocenters. The lowest BCUT2D eigenvalue weighted by molar-refractivity contribution is 0.789. The Morgan fingerprint density at radius 3 is 3.40 bits per heavy atom. The van der Waals surface area contributed by atoms with E-state index in [0.717, 1.165) is 5.69 Å². The lowest BCUT2D eigenvalue weighted by Crippen LogP contribution is -2.29. The standard InChI is InChI=1S/C6H6N3O/c10-6-3-1-2-5-4-7-8-9(5)6/h1-2,7-8H,4H2. The third-order valence-electron chi connectivity index (χ3n) is 1.43. The number of hydrogen-bond donors (Lipinski definition) is 2. The monoisotopic (exact) mass is 136 g/mol. The normalized spacial score (nSPS) is 14.4. The minimum atomic E-state index is -0.150. The van der Waals surface area contributed by atoms with Crippen molar-refractivity contribution >= 4 is 0 Å². The van der Waals surface area contributed by atoms with Crippen LogP contribution < -0.4 is 16.5 Å². The van der Waals surface area contributed by atoms with Gasteiger partial charge in [-0.25, -0.2) is 10.1 Å². The summed E-state index contributed by atoms with van der Waals surface area (Å²) in [5, 5.41) is 0. The van der Waals surface area contributed by atoms with Gasteiger partial charge in [-0.3, -0.25) is 10.3 Å². The molecular formula is C6H6N3O. The van der Waals surface area contributed by atoms with E-state index >= 15 is 0 Å². The number of rotatable bonds is 0. The van der Waals surface area contributed by atoms with Gasteiger partial charge in [0, 0.05) is 0 Å². The molecule has 0 aliphatic carbocycles. The van der Waals surface area contributed by atoms with Gasteiger partial charge >= 0.3 is 0 Å². The summed E-state index contributed by atoms with van der Waals surface area (Å²) in [6, 6.07) is 6.01. The largest absolute Gasteiger partial charge is 0.278 e. The van der Waals surface area contributed by atoms with Crippen molar-refractivity contribution in [2.24, 2.45) is 0 Å². The predicted octanol–water partition coefficient (Wildman–Crippen LogP) is -0.790. The Bertz CT molecular complexity index is 304. The Hall–Kier alpha value is -1.29. The average Bonchev–Trinajstić information content (AvgIpc) is 2.36. The summed E-state index contributed by atoms with van der Waals surface area (Å²) in [5.74, 6) is 0. The summed E-state index contributed by atoms with van der Waals surface area (Å²) in [5.41, 5.74) is 6.30. The number of aromatic nitrogens is 1. The van der Waals surface area contributed by atoms with Gasteiger partial charge in [0.05, 0.1) is 18.3 Å². The van der Waals surface area contributed by atoms with Crippen molar-refractivity contribution in [1.82, 2.24) is 10.1 Å². The van der Waals surface area contributed by atoms with Crippen molar-refractivity contribution < 1.29 is 0 Å². The molecule has 2 heterocycles. The van der Waals surface area contributed by atoms with Crippen LogP contribution in [0.5, 0.6) is 0 Å². The van der Waals surface area contributed by atoms with E-state index in [1.165, 1.54) is 4.68 Å². The molecule has 0 amide bonds. The minimum absolute atomic E-state index is 0.150. The van der Waals surface area contributed by atoms with Crippen LogP contribution in [-0.4, -0.2) is 4.68 Å². The van der Waals surface area contributed by atoms with E-state index in [1.54, 1.807) is 6.07 Å². The molecule has 0 saturated heterocycles. The molecule has 0 spiro atoms. The van der Waals surface area contributed by atoms with E-state index in [4.69, 9.17) is 0 Å². The fourth-order valence-electron chi connectivity index (χ4n) is 0.948. The average molecular weight is 136 g/mol. The van der Waals surface area contributed by atoms with Crippen LogP contribution in [0.2, 0.25) is 0 Å². The van der Waals surface area contributed by atoms with Crippen LogP contribution in [-0.2, 0) is 6.54 Å². The zero-order valence-electron chi connectivity index (χ0n) is 5.22. The summed E-state index contributed by atoms with van der Waals surface area (Å²) < 4.78 is 1.43. The molecule has 2 N–H and O–H groups in total. The lowest BCUT2D eigenvalue weighted by Gasteiger charge is -1.98. The van der Waals surface area contributed by atoms with Crippen LogP contribution in [0.4, 0.5) is 0 Å². The summed E-state index contributed by atoms with van der Waals surface area (Å²) in [7, 11) is 0. The maximum atomic E-state index is 10.9. The summed E-state index contributed by atoms with van der Waals surface area (Å²) in [6.45, 7) is 0.684. The highest BCUT2D eigenvalue weighted by molar-refractivity contribution is 5.09. The van der Waals surface area contributed by atoms with Gasteiger partial charge in [-0.2, -0.15) is 0 Å². The maximum absolute atomic E-state index is 10.9. The highest BCUT2D eigenvalue weighted by atomic mass is 16.1. The van der Waals surface area contributed by atoms with Crippen molar-refractivity contribution in [3.05, 3.63) is 34.2 Å². The first kappa shape index (κ1) is 5.49. The van der Waals surface area contributed by atoms with E-state index in [0.29, 0.717) is 6.54 Å². The molecule has 0 fully saturated rings. The second kappa shape index (κ2) is 1.85. The van der Waals surface area contributed by atoms with E-state index in [2.05, 4.69) is 17.0 Å². The molecule has 0 atom stereocenters. The molecule has 10 heavy (non-hydrogen) atoms. The molecule has 1 aromatic rings. The van der Waals surface area contributed by atoms with Crippen LogP contribution in [0.15, 0.2) is 16.9 Å². The molecule has 1 aliphatic rings. The fourth-order valence-corrected chi connectivity index (χ4v) is 0.948. The second-order valence-corrected chi connectivity index (χ2v) is 2.07. The Balaban J connectivity index is 2.70. The van der Waals surface area contributed by atoms with Crippen molar-refractivity contribution in [1.29, 1.82) is 0 Å². The van der Waals surface area contributed by atoms with Crippen LogP contribution in [0.3, 0.4) is 0 Å². The minimum Gasteiger partial charge on any atom is -0.267 e. The second-order valence-electron chi connectivity index (χ2n) is 2.07. The quantitative estimate of drug-likeness (QED) is 0.491. The van der Waals surface area contributed by atoms with Gasteiger partial charge in [-0.15, -0.1) is 0 Å². The van der Waals surface area contributed by atoms with E-state index in [9.17, 15) is 4.79 Å². The highest BCUT2D eigenvalue weighted by Gasteiger charge is 2.07. The number of nitrogens with one attached hydrogen (secondary N) is 2. The molecule has 1 aromatic heterocycles. The highest BCUT2D eigenvalue weighted by Crippen LogP contribution is 1.96. The molecule has 51 valence electrons. The zero-order chi connectivity index (χ0) is 6.97. The maximum Gasteiger partial charge on any atom is 0.278 e. The van der Waals surface area contributed by atoms with Gasteiger partial charge in [0.25, 0.3) is 5.56 Å². The van der Waals surface area contributed by atoms with Gasteiger partial charge in [-0.1, -0.05) is 0 Å². The van der Waals surface area contributed by atoms with Crippen LogP contribution >= 0.6 is 0 Å². The lowest BCUT2D eigenvalue weighted by atomic mass is 10.3. The SMILES string of the molecule is O=c1[c]ccc2n1NNC2. The molecule has 0 saturated carbocycles. The first-order chi connectivity index (χ1) is 4.88. The third kappa shape index (κ3) is 0.625. The number of pyridine rings is 1. The molecule has 0 bridgehead atoms. The molecule has 0 aromatic carbocycles. The predicted molar refractivity (Wildman–Crippen MR) is 35.7 cm³/mol. The summed E-state index contributed by atoms with van der Waals surface area (Å²) in [6.07, 6.45) is 0. The van der Waals surface area contributed by atoms with Crippen molar-refractivity contribution in [2.45, 2.75) is 6.54 Å². The number of hydrogen-bond acceptors (Lipinski definition) is 3. The van der Waals surface area contributed by atoms with Crippen molar-refractivity contribution in [3.8, 4) is 0 Å². The number of hydrazine groups is 1. The van der Waals surface area contributed by atoms with Gasteiger partial charge in [0.15, 0.2) is 0 Å². The first-order valence-electron chi connectivity index (χ1n) is 2.99. The van der Waals surface area contributed by atoms with E-state index < -0.39 is 0 Å². The molecule has 2 rings (SSSR count). The number of fused-ring (bicyclic) bond motifs is 1. The summed E-state index contributed by atoms with van der Waals surface area (Å²) >= 11 is 0. The third-order valence-corrected chi connectivity index (χ3v) is 1.43. The van der Waals surface area contributed by atoms with E-state index in [1.807, 2.05) is 6.07 Å². The van der Waals surface area contributed by atoms with E-state index in [-0.39, 0.29) is 5.56 Å². The Morgan fingerprint density at radius 2 is 2.60 bits per heavy atom. The van der Waals surface area contributed by atoms with Gasteiger partial charge in [0.1, 0.15) is 0 Å². The molecule has 1 aliphatic heterocycles. The topological polar surface area (TPSA) is 46.1 Å². The Morgan fingerprint density at radius 1 is 1.70 bits per heavy atom. The van der Waals surface area contributed by atoms with Crippen molar-refractivity contribution in [2.75, 3.05) is 5.53 Å². The van der Waals surface area contributed by atoms with Gasteiger partial charge in [-0.05, 0) is 12.1 Å². The molecule has 1 radical (unpaired) electrons. The van der Waals surface area contributed by atoms with Crippen LogP contribution in [0, 0.1) is 6.07 Å². The Kier molecular flexibility index (Phi) is 1.01. The molecular weight excluding hydrogens is 130 g/mol. The molecule has 4 nitrogen and oxygen atoms in total. The number of nitrogens with zero attached hydrogens (tertiary/aromatic N) is 1. The van der Waals surface area contributed by atoms with Gasteiger partial charge in [0.2, 0.25) is 0 Å². The first-order valence-corrected chi connectivity index (χ1v) is 2.99. The fraction of sp³-hybridized carbons (Fsp3) is 0.167. The van der Waals surface area contributed by atoms with Crippen LogP contribution in [0.1, 0.15) is 5.69 Å². The molecule has 4 heteroatoms. The van der Waals surface area contributed by atoms with Crippen LogP contribution in [0.25, 0.3) is 0 Å². The Labute approximate surface area is 57.4 Å². The van der Waals surface area contributed by atoms with Gasteiger partial charge < -0.3 is 0 Å². The van der Waals surface area contributed by atoms with Crippen molar-refractivity contribution in [3.63, 3.8) is 0 Å². The smallest absolute Gasteiger partial charge is 0.267 e.